The molecule has 7 aliphatic rings. The fraction of sp³-hybridized carbons (Fsp3) is 0.580. The van der Waals surface area contributed by atoms with Crippen molar-refractivity contribution in [2.75, 3.05) is 56.0 Å². The number of nitrogens with zero attached hydrogens (tertiary/aromatic N) is 4. The summed E-state index contributed by atoms with van der Waals surface area (Å²) in [5, 5.41) is 9.90. The smallest absolute Gasteiger partial charge is 0.240 e. The Morgan fingerprint density at radius 1 is 0.812 bits per heavy atom. The van der Waals surface area contributed by atoms with Crippen molar-refractivity contribution in [3.8, 4) is 0 Å². The average Bonchev–Trinajstić information content (AvgIpc) is 3.75. The van der Waals surface area contributed by atoms with Crippen LogP contribution in [0.25, 0.3) is 0 Å². The topological polar surface area (TPSA) is 127 Å². The molecule has 11 nitrogen and oxygen atoms in total. The van der Waals surface area contributed by atoms with Gasteiger partial charge < -0.3 is 20.0 Å². The highest BCUT2D eigenvalue weighted by atomic mass is 35.5. The molecule has 3 N–H and O–H groups in total. The SMILES string of the molecule is O=C1CCC(c2ccc(N3CCC(CN4CCC(CC5CCN(C(=O)[C@@H]6NC7(CCCCC7)[C@@]7(C(=O)Nc8cc(Cl)ccc87)C6c6cccc(Cl)c6F)CC5)CC4)CC3)nc2)C(=O)N1. The first-order chi connectivity index (χ1) is 31.0. The summed E-state index contributed by atoms with van der Waals surface area (Å²) in [4.78, 5) is 65.4. The van der Waals surface area contributed by atoms with E-state index in [1.807, 2.05) is 23.1 Å². The first-order valence-corrected chi connectivity index (χ1v) is 24.7. The first kappa shape index (κ1) is 43.8. The van der Waals surface area contributed by atoms with Gasteiger partial charge in [0.25, 0.3) is 0 Å². The number of benzene rings is 2. The van der Waals surface area contributed by atoms with Gasteiger partial charge in [0.2, 0.25) is 23.6 Å². The number of aromatic nitrogens is 1. The van der Waals surface area contributed by atoms with E-state index in [-0.39, 0.29) is 34.6 Å². The van der Waals surface area contributed by atoms with Crippen LogP contribution in [0.1, 0.15) is 118 Å². The van der Waals surface area contributed by atoms with Crippen molar-refractivity contribution in [1.82, 2.24) is 25.4 Å². The molecule has 1 saturated carbocycles. The number of amides is 4. The molecule has 1 aliphatic carbocycles. The molecule has 0 radical (unpaired) electrons. The molecule has 2 aromatic carbocycles. The van der Waals surface area contributed by atoms with Crippen molar-refractivity contribution in [2.24, 2.45) is 17.8 Å². The van der Waals surface area contributed by atoms with E-state index in [1.54, 1.807) is 30.5 Å². The van der Waals surface area contributed by atoms with Gasteiger partial charge in [-0.05, 0) is 136 Å². The maximum atomic E-state index is 16.4. The Labute approximate surface area is 385 Å². The first-order valence-electron chi connectivity index (χ1n) is 23.9. The normalized spacial score (nSPS) is 28.2. The lowest BCUT2D eigenvalue weighted by Crippen LogP contribution is -2.60. The number of hydrogen-bond donors (Lipinski definition) is 3. The number of fused-ring (bicyclic) bond motifs is 3. The maximum absolute atomic E-state index is 16.4. The molecular weight excluding hydrogens is 852 g/mol. The second-order valence-electron chi connectivity index (χ2n) is 20.0. The number of imide groups is 1. The van der Waals surface area contributed by atoms with E-state index in [1.165, 1.54) is 25.3 Å². The van der Waals surface area contributed by atoms with E-state index in [2.05, 4.69) is 25.8 Å². The van der Waals surface area contributed by atoms with Gasteiger partial charge in [-0.25, -0.2) is 9.37 Å². The molecule has 64 heavy (non-hydrogen) atoms. The molecule has 2 spiro atoms. The van der Waals surface area contributed by atoms with E-state index >= 15 is 9.18 Å². The van der Waals surface area contributed by atoms with Crippen LogP contribution in [-0.2, 0) is 24.6 Å². The van der Waals surface area contributed by atoms with Crippen molar-refractivity contribution in [3.63, 3.8) is 0 Å². The van der Waals surface area contributed by atoms with Crippen LogP contribution in [0.5, 0.6) is 0 Å². The quantitative estimate of drug-likeness (QED) is 0.195. The Morgan fingerprint density at radius 3 is 2.23 bits per heavy atom. The number of piperidine rings is 4. The average molecular weight is 913 g/mol. The zero-order valence-electron chi connectivity index (χ0n) is 36.6. The number of rotatable bonds is 8. The Bertz CT molecular complexity index is 2270. The maximum Gasteiger partial charge on any atom is 0.240 e. The minimum atomic E-state index is -1.23. The van der Waals surface area contributed by atoms with Gasteiger partial charge in [0, 0.05) is 67.5 Å². The third kappa shape index (κ3) is 7.91. The molecule has 3 aromatic rings. The molecule has 4 amide bonds. The number of pyridine rings is 1. The van der Waals surface area contributed by atoms with E-state index < -0.39 is 28.7 Å². The van der Waals surface area contributed by atoms with Gasteiger partial charge in [0.1, 0.15) is 17.1 Å². The van der Waals surface area contributed by atoms with E-state index in [0.717, 1.165) is 94.6 Å². The van der Waals surface area contributed by atoms with Crippen molar-refractivity contribution in [3.05, 3.63) is 87.3 Å². The number of anilines is 2. The van der Waals surface area contributed by atoms with Gasteiger partial charge in [0.15, 0.2) is 0 Å². The fourth-order valence-corrected chi connectivity index (χ4v) is 13.5. The predicted octanol–water partition coefficient (Wildman–Crippen LogP) is 7.95. The van der Waals surface area contributed by atoms with Crippen LogP contribution in [0.3, 0.4) is 0 Å². The van der Waals surface area contributed by atoms with E-state index in [4.69, 9.17) is 28.2 Å². The van der Waals surface area contributed by atoms with Gasteiger partial charge in [-0.15, -0.1) is 0 Å². The highest BCUT2D eigenvalue weighted by Crippen LogP contribution is 2.63. The molecule has 10 rings (SSSR count). The Balaban J connectivity index is 0.738. The Morgan fingerprint density at radius 2 is 1.53 bits per heavy atom. The molecule has 14 heteroatoms. The van der Waals surface area contributed by atoms with Crippen molar-refractivity contribution in [2.45, 2.75) is 119 Å². The summed E-state index contributed by atoms with van der Waals surface area (Å²) in [5.74, 6) is 0.479. The summed E-state index contributed by atoms with van der Waals surface area (Å²) < 4.78 is 16.4. The summed E-state index contributed by atoms with van der Waals surface area (Å²) in [6.45, 7) is 6.66. The molecular formula is C50H60Cl2FN7O4. The molecule has 2 unspecified atom stereocenters. The van der Waals surface area contributed by atoms with Crippen LogP contribution >= 0.6 is 23.2 Å². The minimum absolute atomic E-state index is 0.0162. The Kier molecular flexibility index (Phi) is 12.3. The van der Waals surface area contributed by atoms with Crippen LogP contribution in [-0.4, -0.2) is 95.8 Å². The standard InChI is InChI=1S/C50H60Cl2FN7O4/c51-35-8-10-38-40(28-35)55-48(64)50(38)43(37-5-4-6-39(52)44(37)53)45(57-49(50)19-2-1-3-20-49)47(63)60-25-15-32(16-26-60)27-31-13-21-58(22-14-31)30-33-17-23-59(24-18-33)41-11-7-34(29-54-41)36-9-12-42(61)56-46(36)62/h4-8,10-11,28-29,31-33,36,43,45,57H,1-3,9,12-27,30H2,(H,55,64)(H,56,61,62)/t36?,43?,45-,50-/m1/s1. The van der Waals surface area contributed by atoms with Crippen LogP contribution in [0.15, 0.2) is 54.7 Å². The molecule has 340 valence electrons. The molecule has 5 saturated heterocycles. The van der Waals surface area contributed by atoms with E-state index in [9.17, 15) is 14.4 Å². The monoisotopic (exact) mass is 911 g/mol. The van der Waals surface area contributed by atoms with Crippen LogP contribution in [0.2, 0.25) is 10.0 Å². The van der Waals surface area contributed by atoms with Crippen molar-refractivity contribution >= 4 is 58.3 Å². The van der Waals surface area contributed by atoms with Gasteiger partial charge in [-0.3, -0.25) is 29.8 Å². The zero-order chi connectivity index (χ0) is 44.2. The molecule has 0 bridgehead atoms. The number of carbonyl (C=O) groups is 4. The number of hydrogen-bond acceptors (Lipinski definition) is 8. The molecule has 6 fully saturated rings. The lowest BCUT2D eigenvalue weighted by atomic mass is 9.55. The third-order valence-corrected chi connectivity index (χ3v) is 17.0. The molecule has 4 atom stereocenters. The van der Waals surface area contributed by atoms with Crippen LogP contribution in [0.4, 0.5) is 15.9 Å². The lowest BCUT2D eigenvalue weighted by molar-refractivity contribution is -0.136. The number of likely N-dealkylation sites (tertiary alicyclic amines) is 2. The summed E-state index contributed by atoms with van der Waals surface area (Å²) >= 11 is 12.9. The number of carbonyl (C=O) groups excluding carboxylic acids is 4. The summed E-state index contributed by atoms with van der Waals surface area (Å²) in [5.41, 5.74) is 0.605. The highest BCUT2D eigenvalue weighted by molar-refractivity contribution is 6.31. The summed E-state index contributed by atoms with van der Waals surface area (Å²) in [6, 6.07) is 13.7. The zero-order valence-corrected chi connectivity index (χ0v) is 38.1. The second kappa shape index (κ2) is 17.9. The highest BCUT2D eigenvalue weighted by Gasteiger charge is 2.72. The Hall–Kier alpha value is -4.10. The van der Waals surface area contributed by atoms with Crippen molar-refractivity contribution < 1.29 is 23.6 Å². The van der Waals surface area contributed by atoms with Gasteiger partial charge in [-0.2, -0.15) is 0 Å². The fourth-order valence-electron chi connectivity index (χ4n) is 13.2. The second-order valence-corrected chi connectivity index (χ2v) is 20.8. The number of halogens is 3. The molecule has 1 aromatic heterocycles. The van der Waals surface area contributed by atoms with E-state index in [0.29, 0.717) is 72.8 Å². The number of nitrogens with one attached hydrogen (secondary N) is 3. The summed E-state index contributed by atoms with van der Waals surface area (Å²) in [6.07, 6.45) is 14.7. The van der Waals surface area contributed by atoms with Gasteiger partial charge in [0.05, 0.1) is 17.0 Å². The van der Waals surface area contributed by atoms with Gasteiger partial charge in [-0.1, -0.05) is 66.7 Å². The predicted molar refractivity (Wildman–Crippen MR) is 246 cm³/mol. The largest absolute Gasteiger partial charge is 0.357 e. The van der Waals surface area contributed by atoms with Crippen LogP contribution < -0.4 is 20.9 Å². The third-order valence-electron chi connectivity index (χ3n) is 16.5. The summed E-state index contributed by atoms with van der Waals surface area (Å²) in [7, 11) is 0. The van der Waals surface area contributed by atoms with Gasteiger partial charge >= 0.3 is 0 Å². The minimum Gasteiger partial charge on any atom is -0.357 e. The molecule has 7 heterocycles. The lowest BCUT2D eigenvalue weighted by Gasteiger charge is -2.47. The van der Waals surface area contributed by atoms with Crippen LogP contribution in [0, 0.1) is 23.6 Å². The molecule has 6 aliphatic heterocycles. The van der Waals surface area contributed by atoms with Crippen molar-refractivity contribution in [1.29, 1.82) is 0 Å².